The Bertz CT molecular complexity index is 646. The van der Waals surface area contributed by atoms with Crippen molar-refractivity contribution >= 4 is 24.0 Å². The number of para-hydroxylation sites is 1. The number of hydrogen-bond donors (Lipinski definition) is 3. The van der Waals surface area contributed by atoms with Crippen molar-refractivity contribution in [2.45, 2.75) is 39.7 Å². The van der Waals surface area contributed by atoms with E-state index >= 15 is 0 Å². The van der Waals surface area contributed by atoms with E-state index in [9.17, 15) is 4.79 Å². The number of hydrogen-bond acceptors (Lipinski definition) is 3. The van der Waals surface area contributed by atoms with Crippen molar-refractivity contribution in [3.8, 4) is 0 Å². The lowest BCUT2D eigenvalue weighted by Gasteiger charge is -2.14. The minimum Gasteiger partial charge on any atom is -0.320 e. The largest absolute Gasteiger partial charge is 0.320 e. The molecule has 126 valence electrons. The predicted molar refractivity (Wildman–Crippen MR) is 96.3 cm³/mol. The Morgan fingerprint density at radius 2 is 1.96 bits per heavy atom. The van der Waals surface area contributed by atoms with Gasteiger partial charge in [0.25, 0.3) is 5.91 Å². The molecule has 0 bridgehead atoms. The van der Waals surface area contributed by atoms with E-state index in [0.717, 1.165) is 30.0 Å². The molecule has 0 atom stereocenters. The number of carbonyl (C=O) groups is 1. The first kappa shape index (κ1) is 19.2. The molecule has 0 aliphatic carbocycles. The Morgan fingerprint density at radius 3 is 2.57 bits per heavy atom. The summed E-state index contributed by atoms with van der Waals surface area (Å²) in [6.45, 7) is 9.89. The molecule has 0 saturated heterocycles. The third-order valence-corrected chi connectivity index (χ3v) is 3.45. The normalized spacial score (nSPS) is 11.0. The number of amides is 1. The highest BCUT2D eigenvalue weighted by molar-refractivity contribution is 6.03. The monoisotopic (exact) mass is 336 g/mol. The van der Waals surface area contributed by atoms with Gasteiger partial charge in [0.2, 0.25) is 0 Å². The van der Waals surface area contributed by atoms with E-state index in [1.165, 1.54) is 0 Å². The summed E-state index contributed by atoms with van der Waals surface area (Å²) >= 11 is 0. The van der Waals surface area contributed by atoms with Gasteiger partial charge in [-0.15, -0.1) is 12.4 Å². The van der Waals surface area contributed by atoms with Crippen molar-refractivity contribution < 1.29 is 4.79 Å². The Balaban J connectivity index is 0.00000264. The van der Waals surface area contributed by atoms with Gasteiger partial charge < -0.3 is 10.6 Å². The fraction of sp³-hybridized carbons (Fsp3) is 0.412. The summed E-state index contributed by atoms with van der Waals surface area (Å²) in [6, 6.07) is 9.60. The predicted octanol–water partition coefficient (Wildman–Crippen LogP) is 3.49. The number of anilines is 1. The molecule has 0 radical (unpaired) electrons. The lowest BCUT2D eigenvalue weighted by atomic mass is 9.92. The van der Waals surface area contributed by atoms with Crippen LogP contribution < -0.4 is 10.6 Å². The van der Waals surface area contributed by atoms with Crippen LogP contribution in [0.4, 0.5) is 5.69 Å². The molecule has 2 aromatic rings. The molecule has 0 unspecified atom stereocenters. The molecule has 5 nitrogen and oxygen atoms in total. The van der Waals surface area contributed by atoms with E-state index < -0.39 is 0 Å². The minimum atomic E-state index is -0.198. The van der Waals surface area contributed by atoms with Gasteiger partial charge in [0.1, 0.15) is 0 Å². The van der Waals surface area contributed by atoms with Crippen LogP contribution in [0.1, 0.15) is 49.4 Å². The van der Waals surface area contributed by atoms with Crippen LogP contribution in [0, 0.1) is 0 Å². The van der Waals surface area contributed by atoms with Crippen molar-refractivity contribution in [3.63, 3.8) is 0 Å². The van der Waals surface area contributed by atoms with E-state index in [1.54, 1.807) is 0 Å². The Morgan fingerprint density at radius 1 is 1.26 bits per heavy atom. The highest BCUT2D eigenvalue weighted by Gasteiger charge is 2.19. The van der Waals surface area contributed by atoms with Crippen LogP contribution in [-0.2, 0) is 12.0 Å². The molecule has 0 aliphatic rings. The maximum atomic E-state index is 12.4. The Hall–Kier alpha value is -1.85. The van der Waals surface area contributed by atoms with Crippen LogP contribution in [0.2, 0.25) is 0 Å². The Kier molecular flexibility index (Phi) is 6.79. The van der Waals surface area contributed by atoms with E-state index in [4.69, 9.17) is 0 Å². The van der Waals surface area contributed by atoms with Gasteiger partial charge in [-0.05, 0) is 24.2 Å². The number of nitrogens with zero attached hydrogens (tertiary/aromatic N) is 1. The highest BCUT2D eigenvalue weighted by Crippen LogP contribution is 2.21. The second-order valence-electron chi connectivity index (χ2n) is 6.31. The number of rotatable bonds is 5. The van der Waals surface area contributed by atoms with Crippen LogP contribution in [0.3, 0.4) is 0 Å². The third-order valence-electron chi connectivity index (χ3n) is 3.45. The summed E-state index contributed by atoms with van der Waals surface area (Å²) < 4.78 is 0. The molecule has 0 spiro atoms. The van der Waals surface area contributed by atoms with Crippen LogP contribution in [0.15, 0.2) is 30.3 Å². The van der Waals surface area contributed by atoms with Gasteiger partial charge in [0, 0.05) is 23.3 Å². The zero-order valence-electron chi connectivity index (χ0n) is 14.1. The van der Waals surface area contributed by atoms with E-state index in [2.05, 4.69) is 48.5 Å². The lowest BCUT2D eigenvalue weighted by molar-refractivity contribution is 0.102. The van der Waals surface area contributed by atoms with Gasteiger partial charge in [0.15, 0.2) is 5.69 Å². The number of carbonyl (C=O) groups excluding carboxylic acids is 1. The first-order valence-corrected chi connectivity index (χ1v) is 7.57. The average molecular weight is 337 g/mol. The Labute approximate surface area is 143 Å². The summed E-state index contributed by atoms with van der Waals surface area (Å²) in [5.74, 6) is -0.198. The second-order valence-corrected chi connectivity index (χ2v) is 6.31. The van der Waals surface area contributed by atoms with Crippen molar-refractivity contribution in [2.75, 3.05) is 11.9 Å². The second kappa shape index (κ2) is 8.13. The van der Waals surface area contributed by atoms with Crippen LogP contribution in [0.5, 0.6) is 0 Å². The van der Waals surface area contributed by atoms with E-state index in [0.29, 0.717) is 5.69 Å². The van der Waals surface area contributed by atoms with Gasteiger partial charge >= 0.3 is 0 Å². The smallest absolute Gasteiger partial charge is 0.276 e. The van der Waals surface area contributed by atoms with Gasteiger partial charge in [-0.3, -0.25) is 9.89 Å². The molecule has 1 aromatic carbocycles. The summed E-state index contributed by atoms with van der Waals surface area (Å²) in [6.07, 6.45) is 0. The zero-order chi connectivity index (χ0) is 16.2. The van der Waals surface area contributed by atoms with Crippen molar-refractivity contribution in [1.29, 1.82) is 0 Å². The molecular weight excluding hydrogens is 312 g/mol. The number of H-pyrrole nitrogens is 1. The molecule has 1 heterocycles. The third kappa shape index (κ3) is 5.08. The summed E-state index contributed by atoms with van der Waals surface area (Å²) in [7, 11) is 0. The highest BCUT2D eigenvalue weighted by atomic mass is 35.5. The van der Waals surface area contributed by atoms with Crippen molar-refractivity contribution in [3.05, 3.63) is 47.3 Å². The first-order valence-electron chi connectivity index (χ1n) is 7.57. The summed E-state index contributed by atoms with van der Waals surface area (Å²) in [5, 5.41) is 13.3. The zero-order valence-corrected chi connectivity index (χ0v) is 14.9. The summed E-state index contributed by atoms with van der Waals surface area (Å²) in [5.41, 5.74) is 3.16. The molecule has 3 N–H and O–H groups in total. The number of nitrogens with one attached hydrogen (secondary N) is 3. The van der Waals surface area contributed by atoms with Gasteiger partial charge in [-0.25, -0.2) is 0 Å². The SMILES string of the molecule is CCNCc1ccccc1NC(=O)c1cc(C(C)(C)C)[nH]n1.Cl. The number of halogens is 1. The molecule has 2 rings (SSSR count). The molecule has 1 amide bonds. The molecule has 0 aliphatic heterocycles. The van der Waals surface area contributed by atoms with E-state index in [1.807, 2.05) is 30.3 Å². The van der Waals surface area contributed by atoms with Gasteiger partial charge in [0.05, 0.1) is 0 Å². The van der Waals surface area contributed by atoms with Crippen LogP contribution in [0.25, 0.3) is 0 Å². The van der Waals surface area contributed by atoms with E-state index in [-0.39, 0.29) is 23.7 Å². The topological polar surface area (TPSA) is 69.8 Å². The quantitative estimate of drug-likeness (QED) is 0.782. The summed E-state index contributed by atoms with van der Waals surface area (Å²) in [4.78, 5) is 12.4. The van der Waals surface area contributed by atoms with Crippen molar-refractivity contribution in [2.24, 2.45) is 0 Å². The fourth-order valence-electron chi connectivity index (χ4n) is 2.06. The lowest BCUT2D eigenvalue weighted by Crippen LogP contribution is -2.17. The number of benzene rings is 1. The van der Waals surface area contributed by atoms with Crippen LogP contribution in [-0.4, -0.2) is 22.6 Å². The fourth-order valence-corrected chi connectivity index (χ4v) is 2.06. The maximum absolute atomic E-state index is 12.4. The van der Waals surface area contributed by atoms with Gasteiger partial charge in [-0.1, -0.05) is 45.9 Å². The first-order chi connectivity index (χ1) is 10.4. The molecule has 0 saturated carbocycles. The standard InChI is InChI=1S/C17H24N4O.ClH/c1-5-18-11-12-8-6-7-9-13(12)19-16(22)14-10-15(21-20-14)17(2,3)4;/h6-10,18H,5,11H2,1-4H3,(H,19,22)(H,20,21);1H. The molecule has 0 fully saturated rings. The average Bonchev–Trinajstić information content (AvgIpc) is 2.96. The van der Waals surface area contributed by atoms with Crippen LogP contribution >= 0.6 is 12.4 Å². The van der Waals surface area contributed by atoms with Gasteiger partial charge in [-0.2, -0.15) is 5.10 Å². The minimum absolute atomic E-state index is 0. The molecule has 23 heavy (non-hydrogen) atoms. The molecule has 1 aromatic heterocycles. The molecular formula is C17H25ClN4O. The maximum Gasteiger partial charge on any atom is 0.276 e. The number of aromatic amines is 1. The molecule has 6 heteroatoms. The number of aromatic nitrogens is 2. The van der Waals surface area contributed by atoms with Crippen molar-refractivity contribution in [1.82, 2.24) is 15.5 Å².